The van der Waals surface area contributed by atoms with E-state index in [4.69, 9.17) is 5.11 Å². The van der Waals surface area contributed by atoms with Crippen molar-refractivity contribution in [3.63, 3.8) is 0 Å². The van der Waals surface area contributed by atoms with Crippen molar-refractivity contribution in [1.82, 2.24) is 5.16 Å². The summed E-state index contributed by atoms with van der Waals surface area (Å²) in [4.78, 5) is 0. The summed E-state index contributed by atoms with van der Waals surface area (Å²) in [5.41, 5.74) is 0.461. The molecule has 0 amide bonds. The number of aliphatic hydroxyl groups is 1. The van der Waals surface area contributed by atoms with E-state index in [9.17, 15) is 0 Å². The predicted octanol–water partition coefficient (Wildman–Crippen LogP) is 0.865. The van der Waals surface area contributed by atoms with Gasteiger partial charge in [0.15, 0.2) is 0 Å². The van der Waals surface area contributed by atoms with Gasteiger partial charge in [-0.05, 0) is 6.92 Å². The fourth-order valence-corrected chi connectivity index (χ4v) is 0.446. The Labute approximate surface area is 46.9 Å². The molecule has 0 spiro atoms. The molecule has 1 N–H and O–H groups in total. The van der Waals surface area contributed by atoms with Crippen LogP contribution in [-0.2, 0) is 0 Å². The monoisotopic (exact) mass is 112 g/mol. The van der Waals surface area contributed by atoms with Crippen LogP contribution in [0, 0.1) is 13.5 Å². The van der Waals surface area contributed by atoms with Gasteiger partial charge in [0.05, 0.1) is 0 Å². The quantitative estimate of drug-likeness (QED) is 0.586. The third kappa shape index (κ3) is 0.869. The van der Waals surface area contributed by atoms with Gasteiger partial charge in [-0.3, -0.25) is 0 Å². The van der Waals surface area contributed by atoms with Gasteiger partial charge in [-0.2, -0.15) is 0 Å². The SMILES string of the molecule is Cc1cc([CH]O)no1. The summed E-state index contributed by atoms with van der Waals surface area (Å²) >= 11 is 0. The minimum atomic E-state index is 0.461. The lowest BCUT2D eigenvalue weighted by Gasteiger charge is -1.73. The average Bonchev–Trinajstić information content (AvgIpc) is 2.14. The molecule has 8 heavy (non-hydrogen) atoms. The van der Waals surface area contributed by atoms with E-state index in [-0.39, 0.29) is 0 Å². The maximum absolute atomic E-state index is 8.30. The van der Waals surface area contributed by atoms with Crippen LogP contribution in [0.25, 0.3) is 0 Å². The van der Waals surface area contributed by atoms with Crippen LogP contribution in [0.2, 0.25) is 0 Å². The third-order valence-corrected chi connectivity index (χ3v) is 0.778. The summed E-state index contributed by atoms with van der Waals surface area (Å²) in [6.45, 7) is 2.66. The minimum absolute atomic E-state index is 0.461. The smallest absolute Gasteiger partial charge is 0.134 e. The van der Waals surface area contributed by atoms with Gasteiger partial charge in [0.1, 0.15) is 18.1 Å². The lowest BCUT2D eigenvalue weighted by Crippen LogP contribution is -1.74. The fourth-order valence-electron chi connectivity index (χ4n) is 0.446. The molecule has 0 fully saturated rings. The van der Waals surface area contributed by atoms with Crippen molar-refractivity contribution in [2.24, 2.45) is 0 Å². The molecule has 0 aromatic carbocycles. The van der Waals surface area contributed by atoms with Gasteiger partial charge >= 0.3 is 0 Å². The van der Waals surface area contributed by atoms with Crippen LogP contribution in [0.4, 0.5) is 0 Å². The molecule has 1 rings (SSSR count). The highest BCUT2D eigenvalue weighted by molar-refractivity contribution is 5.08. The lowest BCUT2D eigenvalue weighted by molar-refractivity contribution is 0.367. The Balaban J connectivity index is 2.84. The average molecular weight is 112 g/mol. The van der Waals surface area contributed by atoms with Gasteiger partial charge < -0.3 is 9.63 Å². The van der Waals surface area contributed by atoms with Crippen molar-refractivity contribution in [2.45, 2.75) is 6.92 Å². The Hall–Kier alpha value is -0.830. The van der Waals surface area contributed by atoms with Gasteiger partial charge in [0, 0.05) is 6.07 Å². The Kier molecular flexibility index (Phi) is 1.30. The van der Waals surface area contributed by atoms with Gasteiger partial charge in [0.25, 0.3) is 0 Å². The molecule has 0 aliphatic heterocycles. The molecule has 0 atom stereocenters. The van der Waals surface area contributed by atoms with Crippen molar-refractivity contribution in [3.8, 4) is 0 Å². The Bertz CT molecular complexity index is 171. The molecule has 1 aromatic rings. The molecular weight excluding hydrogens is 106 g/mol. The summed E-state index contributed by atoms with van der Waals surface area (Å²) in [7, 11) is 0. The topological polar surface area (TPSA) is 46.3 Å². The Morgan fingerprint density at radius 3 is 2.88 bits per heavy atom. The predicted molar refractivity (Wildman–Crippen MR) is 26.6 cm³/mol. The molecule has 0 bridgehead atoms. The zero-order valence-electron chi connectivity index (χ0n) is 4.46. The van der Waals surface area contributed by atoms with E-state index in [2.05, 4.69) is 9.68 Å². The molecule has 43 valence electrons. The number of hydrogen-bond acceptors (Lipinski definition) is 3. The number of aliphatic hydroxyl groups excluding tert-OH is 1. The standard InChI is InChI=1S/C5H6NO2/c1-4-2-5(3-7)6-8-4/h2-3,7H,1H3. The molecule has 0 aliphatic carbocycles. The maximum Gasteiger partial charge on any atom is 0.134 e. The highest BCUT2D eigenvalue weighted by atomic mass is 16.5. The first-order valence-corrected chi connectivity index (χ1v) is 2.23. The summed E-state index contributed by atoms with van der Waals surface area (Å²) in [5.74, 6) is 0.699. The van der Waals surface area contributed by atoms with Crippen molar-refractivity contribution in [3.05, 3.63) is 24.1 Å². The molecule has 0 aliphatic rings. The maximum atomic E-state index is 8.30. The van der Waals surface area contributed by atoms with Crippen molar-refractivity contribution < 1.29 is 9.63 Å². The first kappa shape index (κ1) is 5.31. The van der Waals surface area contributed by atoms with E-state index >= 15 is 0 Å². The molecular formula is C5H6NO2. The van der Waals surface area contributed by atoms with Crippen LogP contribution < -0.4 is 0 Å². The van der Waals surface area contributed by atoms with Crippen molar-refractivity contribution in [1.29, 1.82) is 0 Å². The third-order valence-electron chi connectivity index (χ3n) is 0.778. The summed E-state index contributed by atoms with van der Waals surface area (Å²) in [6.07, 6.45) is 0. The van der Waals surface area contributed by atoms with Gasteiger partial charge in [-0.15, -0.1) is 0 Å². The molecule has 0 saturated heterocycles. The number of aryl methyl sites for hydroxylation is 1. The minimum Gasteiger partial charge on any atom is -0.384 e. The van der Waals surface area contributed by atoms with Crippen LogP contribution in [0.15, 0.2) is 10.6 Å². The van der Waals surface area contributed by atoms with Crippen molar-refractivity contribution in [2.75, 3.05) is 0 Å². The van der Waals surface area contributed by atoms with Crippen LogP contribution >= 0.6 is 0 Å². The van der Waals surface area contributed by atoms with E-state index in [1.807, 2.05) is 0 Å². The fraction of sp³-hybridized carbons (Fsp3) is 0.200. The summed E-state index contributed by atoms with van der Waals surface area (Å²) < 4.78 is 4.61. The molecule has 3 nitrogen and oxygen atoms in total. The first-order chi connectivity index (χ1) is 3.83. The molecule has 1 radical (unpaired) electrons. The molecule has 0 unspecified atom stereocenters. The molecule has 1 aromatic heterocycles. The lowest BCUT2D eigenvalue weighted by atomic mass is 10.4. The second kappa shape index (κ2) is 1.96. The van der Waals surface area contributed by atoms with Gasteiger partial charge in [0.2, 0.25) is 0 Å². The Morgan fingerprint density at radius 2 is 2.62 bits per heavy atom. The highest BCUT2D eigenvalue weighted by Crippen LogP contribution is 2.00. The van der Waals surface area contributed by atoms with E-state index in [0.717, 1.165) is 6.61 Å². The number of nitrogens with zero attached hydrogens (tertiary/aromatic N) is 1. The van der Waals surface area contributed by atoms with Crippen LogP contribution in [0.3, 0.4) is 0 Å². The molecule has 3 heteroatoms. The zero-order valence-corrected chi connectivity index (χ0v) is 4.46. The van der Waals surface area contributed by atoms with E-state index < -0.39 is 0 Å². The normalized spacial score (nSPS) is 9.75. The van der Waals surface area contributed by atoms with E-state index in [1.165, 1.54) is 0 Å². The summed E-state index contributed by atoms with van der Waals surface area (Å²) in [5, 5.41) is 11.8. The zero-order chi connectivity index (χ0) is 5.98. The number of hydrogen-bond donors (Lipinski definition) is 1. The number of rotatable bonds is 1. The van der Waals surface area contributed by atoms with E-state index in [1.54, 1.807) is 13.0 Å². The van der Waals surface area contributed by atoms with Crippen LogP contribution in [0.5, 0.6) is 0 Å². The van der Waals surface area contributed by atoms with Gasteiger partial charge in [-0.1, -0.05) is 5.16 Å². The summed E-state index contributed by atoms with van der Waals surface area (Å²) in [6, 6.07) is 1.64. The Morgan fingerprint density at radius 1 is 1.88 bits per heavy atom. The number of aromatic nitrogens is 1. The van der Waals surface area contributed by atoms with E-state index in [0.29, 0.717) is 11.5 Å². The highest BCUT2D eigenvalue weighted by Gasteiger charge is 1.95. The van der Waals surface area contributed by atoms with Crippen molar-refractivity contribution >= 4 is 0 Å². The van der Waals surface area contributed by atoms with Gasteiger partial charge in [-0.25, -0.2) is 0 Å². The van der Waals surface area contributed by atoms with Crippen LogP contribution in [-0.4, -0.2) is 10.3 Å². The molecule has 1 heterocycles. The largest absolute Gasteiger partial charge is 0.384 e. The second-order valence-electron chi connectivity index (χ2n) is 1.49. The molecule has 0 saturated carbocycles. The van der Waals surface area contributed by atoms with Crippen LogP contribution in [0.1, 0.15) is 11.5 Å². The second-order valence-corrected chi connectivity index (χ2v) is 1.49. The first-order valence-electron chi connectivity index (χ1n) is 2.23.